The molecule has 0 aliphatic carbocycles. The number of anilines is 1. The Morgan fingerprint density at radius 1 is 1.14 bits per heavy atom. The van der Waals surface area contributed by atoms with Gasteiger partial charge < -0.3 is 29.5 Å². The quantitative estimate of drug-likeness (QED) is 0.432. The summed E-state index contributed by atoms with van der Waals surface area (Å²) in [5.74, 6) is 7.00. The highest BCUT2D eigenvalue weighted by molar-refractivity contribution is 7.89. The molecule has 2 N–H and O–H groups in total. The van der Waals surface area contributed by atoms with Crippen molar-refractivity contribution in [2.24, 2.45) is 5.92 Å². The van der Waals surface area contributed by atoms with E-state index in [1.54, 1.807) is 62.8 Å². The van der Waals surface area contributed by atoms with Crippen molar-refractivity contribution >= 4 is 21.7 Å². The Morgan fingerprint density at radius 3 is 2.69 bits per heavy atom. The zero-order valence-electron chi connectivity index (χ0n) is 23.5. The molecule has 5 rings (SSSR count). The first-order valence-corrected chi connectivity index (χ1v) is 14.9. The van der Waals surface area contributed by atoms with Gasteiger partial charge in [0.05, 0.1) is 13.2 Å². The number of pyridine rings is 1. The van der Waals surface area contributed by atoms with Crippen molar-refractivity contribution in [1.82, 2.24) is 14.2 Å². The van der Waals surface area contributed by atoms with Gasteiger partial charge in [0.25, 0.3) is 0 Å². The minimum absolute atomic E-state index is 0.0286. The highest BCUT2D eigenvalue weighted by Crippen LogP contribution is 2.35. The van der Waals surface area contributed by atoms with E-state index in [-0.39, 0.29) is 49.1 Å². The zero-order valence-corrected chi connectivity index (χ0v) is 24.3. The molecule has 3 aromatic rings. The maximum Gasteiger partial charge on any atom is 0.321 e. The number of aliphatic hydroxyl groups is 1. The van der Waals surface area contributed by atoms with E-state index in [1.165, 1.54) is 15.3 Å². The fraction of sp³-hybridized carbons (Fsp3) is 0.333. The summed E-state index contributed by atoms with van der Waals surface area (Å²) in [6, 6.07) is 12.4. The number of hydrogen-bond acceptors (Lipinski definition) is 8. The Kier molecular flexibility index (Phi) is 8.54. The molecule has 12 heteroatoms. The Morgan fingerprint density at radius 2 is 1.93 bits per heavy atom. The van der Waals surface area contributed by atoms with E-state index in [1.807, 2.05) is 13.0 Å². The molecule has 3 atom stereocenters. The van der Waals surface area contributed by atoms with E-state index < -0.39 is 22.2 Å². The molecule has 2 aliphatic heterocycles. The molecule has 2 aromatic carbocycles. The predicted molar refractivity (Wildman–Crippen MR) is 155 cm³/mol. The topological polar surface area (TPSA) is 131 Å². The van der Waals surface area contributed by atoms with Gasteiger partial charge in [-0.15, -0.1) is 0 Å². The highest BCUT2D eigenvalue weighted by atomic mass is 32.2. The number of ether oxygens (including phenoxy) is 3. The van der Waals surface area contributed by atoms with E-state index in [2.05, 4.69) is 22.1 Å². The van der Waals surface area contributed by atoms with E-state index in [0.29, 0.717) is 28.3 Å². The number of amides is 2. The van der Waals surface area contributed by atoms with Crippen LogP contribution in [-0.4, -0.2) is 79.4 Å². The third-order valence-electron chi connectivity index (χ3n) is 7.10. The van der Waals surface area contributed by atoms with Crippen LogP contribution in [0.5, 0.6) is 17.2 Å². The van der Waals surface area contributed by atoms with Gasteiger partial charge in [-0.2, -0.15) is 4.31 Å². The lowest BCUT2D eigenvalue weighted by molar-refractivity contribution is 0.0830. The second kappa shape index (κ2) is 12.3. The number of urea groups is 1. The minimum Gasteiger partial charge on any atom is -0.487 e. The molecule has 0 radical (unpaired) electrons. The number of aliphatic hydroxyl groups excluding tert-OH is 1. The number of nitrogens with one attached hydrogen (secondary N) is 1. The first-order chi connectivity index (χ1) is 20.2. The zero-order chi connectivity index (χ0) is 29.9. The van der Waals surface area contributed by atoms with Crippen LogP contribution in [0.3, 0.4) is 0 Å². The van der Waals surface area contributed by atoms with E-state index in [0.717, 1.165) is 0 Å². The third-order valence-corrected chi connectivity index (χ3v) is 9.12. The molecule has 11 nitrogen and oxygen atoms in total. The lowest BCUT2D eigenvalue weighted by atomic mass is 10.0. The molecule has 2 aliphatic rings. The number of nitrogens with zero attached hydrogens (tertiary/aromatic N) is 3. The van der Waals surface area contributed by atoms with Gasteiger partial charge >= 0.3 is 6.03 Å². The van der Waals surface area contributed by atoms with Crippen LogP contribution in [0.2, 0.25) is 0 Å². The lowest BCUT2D eigenvalue weighted by Gasteiger charge is -2.37. The number of likely N-dealkylation sites (N-methyl/N-ethyl adjacent to an activating group) is 1. The Labute approximate surface area is 245 Å². The number of carbonyl (C=O) groups is 1. The van der Waals surface area contributed by atoms with Gasteiger partial charge in [0.15, 0.2) is 11.5 Å². The summed E-state index contributed by atoms with van der Waals surface area (Å²) in [6.45, 7) is 3.54. The second-order valence-corrected chi connectivity index (χ2v) is 12.1. The largest absolute Gasteiger partial charge is 0.487 e. The van der Waals surface area contributed by atoms with Gasteiger partial charge in [-0.25, -0.2) is 13.2 Å². The average molecular weight is 593 g/mol. The summed E-state index contributed by atoms with van der Waals surface area (Å²) >= 11 is 0. The molecule has 0 bridgehead atoms. The molecule has 2 amide bonds. The first-order valence-electron chi connectivity index (χ1n) is 13.4. The van der Waals surface area contributed by atoms with Crippen molar-refractivity contribution < 1.29 is 32.5 Å². The summed E-state index contributed by atoms with van der Waals surface area (Å²) < 4.78 is 45.8. The van der Waals surface area contributed by atoms with Gasteiger partial charge in [0.1, 0.15) is 16.7 Å². The van der Waals surface area contributed by atoms with Crippen molar-refractivity contribution in [1.29, 1.82) is 0 Å². The van der Waals surface area contributed by atoms with Crippen LogP contribution >= 0.6 is 0 Å². The third kappa shape index (κ3) is 6.28. The van der Waals surface area contributed by atoms with Crippen molar-refractivity contribution in [3.8, 4) is 29.1 Å². The number of hydrogen-bond donors (Lipinski definition) is 2. The van der Waals surface area contributed by atoms with Crippen LogP contribution in [0.4, 0.5) is 10.5 Å². The second-order valence-electron chi connectivity index (χ2n) is 10.3. The first kappa shape index (κ1) is 29.2. The molecule has 0 saturated carbocycles. The van der Waals surface area contributed by atoms with Crippen LogP contribution in [0.15, 0.2) is 65.8 Å². The number of sulfonamides is 1. The Bertz CT molecular complexity index is 1620. The molecule has 0 spiro atoms. The number of rotatable bonds is 5. The lowest BCUT2D eigenvalue weighted by Crippen LogP contribution is -2.50. The van der Waals surface area contributed by atoms with Crippen LogP contribution in [0, 0.1) is 17.8 Å². The average Bonchev–Trinajstić information content (AvgIpc) is 3.46. The van der Waals surface area contributed by atoms with Gasteiger partial charge in [-0.05, 0) is 49.4 Å². The van der Waals surface area contributed by atoms with E-state index >= 15 is 0 Å². The van der Waals surface area contributed by atoms with E-state index in [9.17, 15) is 18.3 Å². The molecular weight excluding hydrogens is 560 g/mol. The van der Waals surface area contributed by atoms with Gasteiger partial charge in [0.2, 0.25) is 16.8 Å². The Hall–Kier alpha value is -4.31. The molecule has 0 saturated heterocycles. The minimum atomic E-state index is -4.01. The normalized spacial score (nSPS) is 19.6. The van der Waals surface area contributed by atoms with Gasteiger partial charge in [0, 0.05) is 60.8 Å². The number of aromatic nitrogens is 1. The standard InChI is InChI=1S/C30H32N4O7S/c1-20-16-34(21(2)18-35)42(37,38)29-11-8-22(6-7-23-5-4-12-31-15-23)13-27(29)41-28(20)17-33(3)30(36)32-24-9-10-25-26(14-24)40-19-39-25/h4-5,8-15,20-21,28,35H,16-19H2,1-3H3,(H,32,36)/t20-,21+,28+/m1/s1. The van der Waals surface area contributed by atoms with Crippen LogP contribution in [0.1, 0.15) is 25.0 Å². The number of fused-ring (bicyclic) bond motifs is 2. The fourth-order valence-electron chi connectivity index (χ4n) is 4.65. The summed E-state index contributed by atoms with van der Waals surface area (Å²) in [5, 5.41) is 12.7. The molecule has 0 fully saturated rings. The van der Waals surface area contributed by atoms with Crippen molar-refractivity contribution in [3.05, 3.63) is 72.1 Å². The smallest absolute Gasteiger partial charge is 0.321 e. The molecule has 1 aromatic heterocycles. The summed E-state index contributed by atoms with van der Waals surface area (Å²) in [4.78, 5) is 18.6. The summed E-state index contributed by atoms with van der Waals surface area (Å²) in [6.07, 6.45) is 2.71. The molecule has 0 unspecified atom stereocenters. The van der Waals surface area contributed by atoms with Crippen LogP contribution in [0.25, 0.3) is 0 Å². The highest BCUT2D eigenvalue weighted by Gasteiger charge is 2.38. The summed E-state index contributed by atoms with van der Waals surface area (Å²) in [7, 11) is -2.37. The molecular formula is C30H32N4O7S. The van der Waals surface area contributed by atoms with Crippen LogP contribution < -0.4 is 19.5 Å². The maximum atomic E-state index is 13.7. The van der Waals surface area contributed by atoms with Crippen molar-refractivity contribution in [3.63, 3.8) is 0 Å². The maximum absolute atomic E-state index is 13.7. The van der Waals surface area contributed by atoms with Crippen molar-refractivity contribution in [2.45, 2.75) is 30.9 Å². The van der Waals surface area contributed by atoms with E-state index in [4.69, 9.17) is 14.2 Å². The monoisotopic (exact) mass is 592 g/mol. The molecule has 42 heavy (non-hydrogen) atoms. The number of carbonyl (C=O) groups excluding carboxylic acids is 1. The molecule has 3 heterocycles. The van der Waals surface area contributed by atoms with Gasteiger partial charge in [-0.1, -0.05) is 18.8 Å². The van der Waals surface area contributed by atoms with Crippen molar-refractivity contribution in [2.75, 3.05) is 38.9 Å². The number of benzene rings is 2. The fourth-order valence-corrected chi connectivity index (χ4v) is 6.47. The SMILES string of the molecule is C[C@@H]1CN([C@@H](C)CO)S(=O)(=O)c2ccc(C#Cc3cccnc3)cc2O[C@H]1CN(C)C(=O)Nc1ccc2c(c1)OCO2. The molecule has 220 valence electrons. The predicted octanol–water partition coefficient (Wildman–Crippen LogP) is 3.14. The summed E-state index contributed by atoms with van der Waals surface area (Å²) in [5.41, 5.74) is 1.80. The Balaban J connectivity index is 1.42. The van der Waals surface area contributed by atoms with Crippen LogP contribution in [-0.2, 0) is 10.0 Å². The van der Waals surface area contributed by atoms with Gasteiger partial charge in [-0.3, -0.25) is 4.98 Å².